The van der Waals surface area contributed by atoms with E-state index in [0.717, 1.165) is 0 Å². The second-order valence-electron chi connectivity index (χ2n) is 5.33. The molecule has 0 aliphatic rings. The molecule has 140 valence electrons. The van der Waals surface area contributed by atoms with Crippen molar-refractivity contribution in [2.75, 3.05) is 11.1 Å². The molecule has 0 amide bonds. The Morgan fingerprint density at radius 2 is 1.64 bits per heavy atom. The molecule has 0 bridgehead atoms. The third kappa shape index (κ3) is 3.57. The summed E-state index contributed by atoms with van der Waals surface area (Å²) in [5.41, 5.74) is 6.62. The summed E-state index contributed by atoms with van der Waals surface area (Å²) in [5, 5.41) is 24.4. The quantitative estimate of drug-likeness (QED) is 0.636. The predicted octanol–water partition coefficient (Wildman–Crippen LogP) is 2.89. The molecule has 0 spiro atoms. The molecule has 1 heterocycles. The fraction of sp³-hybridized carbons (Fsp3) is 0. The number of nitrogens with one attached hydrogen (secondary N) is 1. The van der Waals surface area contributed by atoms with Crippen LogP contribution in [0.25, 0.3) is 0 Å². The smallest absolute Gasteiger partial charge is 0.287 e. The average molecular weight is 434 g/mol. The molecule has 0 radical (unpaired) electrons. The summed E-state index contributed by atoms with van der Waals surface area (Å²) < 4.78 is 26.1. The van der Waals surface area contributed by atoms with Crippen molar-refractivity contribution in [3.63, 3.8) is 0 Å². The molecule has 0 saturated carbocycles. The van der Waals surface area contributed by atoms with E-state index >= 15 is 0 Å². The molecule has 0 aliphatic heterocycles. The highest BCUT2D eigenvalue weighted by molar-refractivity contribution is 7.90. The van der Waals surface area contributed by atoms with Crippen molar-refractivity contribution in [3.8, 4) is 12.1 Å². The van der Waals surface area contributed by atoms with Gasteiger partial charge in [0, 0.05) is 0 Å². The van der Waals surface area contributed by atoms with Gasteiger partial charge in [-0.25, -0.2) is 0 Å². The van der Waals surface area contributed by atoms with E-state index in [9.17, 15) is 8.42 Å². The standard InChI is InChI=1S/C16H9Cl2N7O2S/c17-11-5-9(7-19)1-3-13(11)22-16-23-15(21)25(24-16)28(26,27)14-4-2-10(8-20)6-12(14)18/h1-6H,(H3,21,22,23,24). The molecule has 3 N–H and O–H groups in total. The molecule has 2 aromatic carbocycles. The van der Waals surface area contributed by atoms with Crippen LogP contribution in [-0.4, -0.2) is 22.6 Å². The largest absolute Gasteiger partial charge is 0.367 e. The fourth-order valence-electron chi connectivity index (χ4n) is 2.22. The van der Waals surface area contributed by atoms with Crippen LogP contribution < -0.4 is 11.1 Å². The SMILES string of the molecule is N#Cc1ccc(Nc2nc(N)n(S(=O)(=O)c3ccc(C#N)cc3Cl)n2)c(Cl)c1. The number of nitrogens with two attached hydrogens (primary N) is 1. The molecule has 0 atom stereocenters. The maximum Gasteiger partial charge on any atom is 0.287 e. The van der Waals surface area contributed by atoms with Crippen molar-refractivity contribution in [3.05, 3.63) is 57.6 Å². The maximum atomic E-state index is 12.8. The van der Waals surface area contributed by atoms with Crippen molar-refractivity contribution in [2.24, 2.45) is 0 Å². The van der Waals surface area contributed by atoms with Gasteiger partial charge >= 0.3 is 0 Å². The Bertz CT molecular complexity index is 1270. The summed E-state index contributed by atoms with van der Waals surface area (Å²) >= 11 is 12.1. The van der Waals surface area contributed by atoms with Gasteiger partial charge in [0.1, 0.15) is 4.90 Å². The van der Waals surface area contributed by atoms with Crippen LogP contribution >= 0.6 is 23.2 Å². The van der Waals surface area contributed by atoms with Gasteiger partial charge < -0.3 is 11.1 Å². The van der Waals surface area contributed by atoms with Crippen LogP contribution in [-0.2, 0) is 10.0 Å². The number of halogens is 2. The number of nitriles is 2. The highest BCUT2D eigenvalue weighted by Gasteiger charge is 2.25. The first-order valence-corrected chi connectivity index (χ1v) is 9.60. The van der Waals surface area contributed by atoms with Crippen molar-refractivity contribution >= 4 is 50.8 Å². The van der Waals surface area contributed by atoms with Gasteiger partial charge in [-0.15, -0.1) is 9.19 Å². The Labute approximate surface area is 169 Å². The van der Waals surface area contributed by atoms with Crippen LogP contribution in [0.15, 0.2) is 41.3 Å². The predicted molar refractivity (Wildman–Crippen MR) is 103 cm³/mol. The van der Waals surface area contributed by atoms with E-state index in [1.807, 2.05) is 12.1 Å². The highest BCUT2D eigenvalue weighted by atomic mass is 35.5. The number of anilines is 3. The minimum absolute atomic E-state index is 0.127. The second-order valence-corrected chi connectivity index (χ2v) is 7.88. The Morgan fingerprint density at radius 1 is 1.04 bits per heavy atom. The van der Waals surface area contributed by atoms with Crippen LogP contribution in [0.1, 0.15) is 11.1 Å². The number of hydrogen-bond donors (Lipinski definition) is 2. The van der Waals surface area contributed by atoms with Crippen molar-refractivity contribution in [1.82, 2.24) is 14.2 Å². The topological polar surface area (TPSA) is 150 Å². The van der Waals surface area contributed by atoms with Crippen molar-refractivity contribution < 1.29 is 8.42 Å². The monoisotopic (exact) mass is 433 g/mol. The molecule has 0 fully saturated rings. The summed E-state index contributed by atoms with van der Waals surface area (Å²) in [6.07, 6.45) is 0. The number of nitrogen functional groups attached to an aromatic ring is 1. The molecule has 0 aliphatic carbocycles. The Hall–Kier alpha value is -3.31. The molecule has 1 aromatic heterocycles. The van der Waals surface area contributed by atoms with Gasteiger partial charge in [-0.2, -0.15) is 23.9 Å². The molecular weight excluding hydrogens is 425 g/mol. The molecule has 0 saturated heterocycles. The lowest BCUT2D eigenvalue weighted by molar-refractivity contribution is 0.581. The lowest BCUT2D eigenvalue weighted by atomic mass is 10.2. The number of hydrogen-bond acceptors (Lipinski definition) is 8. The molecule has 12 heteroatoms. The second kappa shape index (κ2) is 7.37. The third-order valence-electron chi connectivity index (χ3n) is 3.51. The van der Waals surface area contributed by atoms with Gasteiger partial charge in [0.15, 0.2) is 0 Å². The summed E-state index contributed by atoms with van der Waals surface area (Å²) in [6.45, 7) is 0. The van der Waals surface area contributed by atoms with E-state index in [2.05, 4.69) is 15.4 Å². The highest BCUT2D eigenvalue weighted by Crippen LogP contribution is 2.28. The van der Waals surface area contributed by atoms with Crippen LogP contribution in [0.2, 0.25) is 10.0 Å². The van der Waals surface area contributed by atoms with Gasteiger partial charge in [-0.1, -0.05) is 23.2 Å². The van der Waals surface area contributed by atoms with E-state index in [-0.39, 0.29) is 26.5 Å². The molecule has 3 aromatic rings. The third-order valence-corrected chi connectivity index (χ3v) is 5.89. The molecular formula is C16H9Cl2N7O2S. The summed E-state index contributed by atoms with van der Waals surface area (Å²) in [7, 11) is -4.26. The van der Waals surface area contributed by atoms with Crippen LogP contribution in [0.5, 0.6) is 0 Å². The first-order valence-electron chi connectivity index (χ1n) is 7.40. The Morgan fingerprint density at radius 3 is 2.21 bits per heavy atom. The lowest BCUT2D eigenvalue weighted by Crippen LogP contribution is -2.17. The Balaban J connectivity index is 1.98. The van der Waals surface area contributed by atoms with E-state index in [1.165, 1.54) is 36.4 Å². The minimum atomic E-state index is -4.26. The van der Waals surface area contributed by atoms with E-state index in [1.54, 1.807) is 0 Å². The molecule has 28 heavy (non-hydrogen) atoms. The number of rotatable bonds is 4. The summed E-state index contributed by atoms with van der Waals surface area (Å²) in [6, 6.07) is 12.0. The zero-order valence-corrected chi connectivity index (χ0v) is 16.1. The zero-order valence-electron chi connectivity index (χ0n) is 13.8. The van der Waals surface area contributed by atoms with Crippen LogP contribution in [0.3, 0.4) is 0 Å². The van der Waals surface area contributed by atoms with Crippen molar-refractivity contribution in [1.29, 1.82) is 10.5 Å². The van der Waals surface area contributed by atoms with Crippen LogP contribution in [0, 0.1) is 22.7 Å². The molecule has 3 rings (SSSR count). The zero-order chi connectivity index (χ0) is 20.5. The van der Waals surface area contributed by atoms with Gasteiger partial charge in [0.25, 0.3) is 10.0 Å². The van der Waals surface area contributed by atoms with Crippen molar-refractivity contribution in [2.45, 2.75) is 4.90 Å². The average Bonchev–Trinajstić information content (AvgIpc) is 3.04. The van der Waals surface area contributed by atoms with Gasteiger partial charge in [-0.3, -0.25) is 0 Å². The van der Waals surface area contributed by atoms with E-state index < -0.39 is 16.0 Å². The first-order chi connectivity index (χ1) is 13.3. The van der Waals surface area contributed by atoms with E-state index in [4.69, 9.17) is 39.5 Å². The number of aromatic nitrogens is 3. The van der Waals surface area contributed by atoms with Gasteiger partial charge in [0.2, 0.25) is 11.9 Å². The number of benzene rings is 2. The molecule has 9 nitrogen and oxygen atoms in total. The number of nitrogens with zero attached hydrogens (tertiary/aromatic N) is 5. The minimum Gasteiger partial charge on any atom is -0.367 e. The molecule has 0 unspecified atom stereocenters. The summed E-state index contributed by atoms with van der Waals surface area (Å²) in [5.74, 6) is -0.537. The Kier molecular flexibility index (Phi) is 5.12. The van der Waals surface area contributed by atoms with Gasteiger partial charge in [-0.05, 0) is 36.4 Å². The van der Waals surface area contributed by atoms with Crippen LogP contribution in [0.4, 0.5) is 17.6 Å². The lowest BCUT2D eigenvalue weighted by Gasteiger charge is -2.07. The maximum absolute atomic E-state index is 12.8. The summed E-state index contributed by atoms with van der Waals surface area (Å²) in [4.78, 5) is 3.58. The fourth-order valence-corrected chi connectivity index (χ4v) is 4.12. The normalized spacial score (nSPS) is 10.9. The first kappa shape index (κ1) is 19.5. The van der Waals surface area contributed by atoms with Gasteiger partial charge in [0.05, 0.1) is 39.0 Å². The van der Waals surface area contributed by atoms with E-state index in [0.29, 0.717) is 15.3 Å².